The van der Waals surface area contributed by atoms with E-state index in [2.05, 4.69) is 9.80 Å². The number of piperazine rings is 1. The van der Waals surface area contributed by atoms with E-state index in [0.29, 0.717) is 27.7 Å². The lowest BCUT2D eigenvalue weighted by Gasteiger charge is -2.38. The van der Waals surface area contributed by atoms with Crippen LogP contribution in [0.3, 0.4) is 0 Å². The molecule has 1 aromatic heterocycles. The predicted octanol–water partition coefficient (Wildman–Crippen LogP) is 2.57. The fourth-order valence-electron chi connectivity index (χ4n) is 3.81. The molecular weight excluding hydrogens is 312 g/mol. The van der Waals surface area contributed by atoms with Gasteiger partial charge in [-0.15, -0.1) is 0 Å². The van der Waals surface area contributed by atoms with Crippen molar-refractivity contribution >= 4 is 40.3 Å². The van der Waals surface area contributed by atoms with Gasteiger partial charge in [-0.1, -0.05) is 11.6 Å². The molecule has 0 amide bonds. The number of anilines is 2. The van der Waals surface area contributed by atoms with Crippen molar-refractivity contribution in [3.63, 3.8) is 0 Å². The molecule has 4 rings (SSSR count). The van der Waals surface area contributed by atoms with Gasteiger partial charge in [-0.25, -0.2) is 4.98 Å². The third kappa shape index (κ3) is 2.44. The number of halogens is 1. The van der Waals surface area contributed by atoms with Crippen LogP contribution >= 0.6 is 11.6 Å². The Labute approximate surface area is 140 Å². The summed E-state index contributed by atoms with van der Waals surface area (Å²) in [6, 6.07) is 5.97. The molecule has 2 N–H and O–H groups in total. The number of nitrogens with two attached hydrogens (primary N) is 1. The van der Waals surface area contributed by atoms with Crippen LogP contribution in [0.1, 0.15) is 23.2 Å². The Bertz CT molecular complexity index is 779. The third-order valence-corrected chi connectivity index (χ3v) is 5.25. The fraction of sp³-hybridized carbons (Fsp3) is 0.412. The number of fused-ring (bicyclic) bond motifs is 2. The van der Waals surface area contributed by atoms with E-state index in [1.807, 2.05) is 6.07 Å². The standard InChI is InChI=1S/C17H19ClN4O/c18-11-3-4-15-13(8-11)14(10-23)16(19)17(20-15)22-7-6-21-5-1-2-12(21)9-22/h3-4,8,10,12H,1-2,5-7,9,19H2. The molecule has 0 saturated carbocycles. The number of nitrogens with zero attached hydrogens (tertiary/aromatic N) is 3. The molecule has 2 aliphatic rings. The highest BCUT2D eigenvalue weighted by atomic mass is 35.5. The van der Waals surface area contributed by atoms with Crippen LogP contribution in [0.15, 0.2) is 18.2 Å². The summed E-state index contributed by atoms with van der Waals surface area (Å²) in [7, 11) is 0. The highest BCUT2D eigenvalue weighted by Gasteiger charge is 2.32. The SMILES string of the molecule is Nc1c(N2CCN3CCCC3C2)nc2ccc(Cl)cc2c1C=O. The first-order chi connectivity index (χ1) is 11.2. The Kier molecular flexibility index (Phi) is 3.62. The largest absolute Gasteiger partial charge is 0.395 e. The van der Waals surface area contributed by atoms with Crippen LogP contribution in [0.4, 0.5) is 11.5 Å². The van der Waals surface area contributed by atoms with Gasteiger partial charge in [0.15, 0.2) is 12.1 Å². The minimum Gasteiger partial charge on any atom is -0.395 e. The molecule has 1 atom stereocenters. The first-order valence-electron chi connectivity index (χ1n) is 8.00. The van der Waals surface area contributed by atoms with Gasteiger partial charge in [0.2, 0.25) is 0 Å². The van der Waals surface area contributed by atoms with Crippen LogP contribution in [0, 0.1) is 0 Å². The number of rotatable bonds is 2. The van der Waals surface area contributed by atoms with E-state index < -0.39 is 0 Å². The molecule has 2 aliphatic heterocycles. The molecule has 5 nitrogen and oxygen atoms in total. The third-order valence-electron chi connectivity index (χ3n) is 5.01. The number of carbonyl (C=O) groups is 1. The van der Waals surface area contributed by atoms with E-state index in [0.717, 1.165) is 37.3 Å². The van der Waals surface area contributed by atoms with Gasteiger partial charge < -0.3 is 10.6 Å². The van der Waals surface area contributed by atoms with E-state index in [4.69, 9.17) is 22.3 Å². The molecular formula is C17H19ClN4O. The van der Waals surface area contributed by atoms with Crippen molar-refractivity contribution < 1.29 is 4.79 Å². The average molecular weight is 331 g/mol. The predicted molar refractivity (Wildman–Crippen MR) is 93.4 cm³/mol. The van der Waals surface area contributed by atoms with Gasteiger partial charge in [0.05, 0.1) is 16.8 Å². The quantitative estimate of drug-likeness (QED) is 0.857. The second-order valence-corrected chi connectivity index (χ2v) is 6.76. The maximum atomic E-state index is 11.6. The number of pyridine rings is 1. The number of aldehydes is 1. The number of hydrogen-bond acceptors (Lipinski definition) is 5. The minimum absolute atomic E-state index is 0.459. The van der Waals surface area contributed by atoms with Crippen molar-refractivity contribution in [3.05, 3.63) is 28.8 Å². The van der Waals surface area contributed by atoms with Crippen molar-refractivity contribution in [1.82, 2.24) is 9.88 Å². The minimum atomic E-state index is 0.459. The number of aromatic nitrogens is 1. The zero-order valence-electron chi connectivity index (χ0n) is 12.8. The number of carbonyl (C=O) groups excluding carboxylic acids is 1. The molecule has 0 aliphatic carbocycles. The first-order valence-corrected chi connectivity index (χ1v) is 8.38. The second kappa shape index (κ2) is 5.65. The molecule has 6 heteroatoms. The van der Waals surface area contributed by atoms with Gasteiger partial charge >= 0.3 is 0 Å². The van der Waals surface area contributed by atoms with E-state index in [-0.39, 0.29) is 0 Å². The van der Waals surface area contributed by atoms with Gasteiger partial charge in [-0.2, -0.15) is 0 Å². The summed E-state index contributed by atoms with van der Waals surface area (Å²) in [5, 5.41) is 1.29. The lowest BCUT2D eigenvalue weighted by atomic mass is 10.1. The molecule has 1 unspecified atom stereocenters. The highest BCUT2D eigenvalue weighted by molar-refractivity contribution is 6.31. The maximum Gasteiger partial charge on any atom is 0.153 e. The molecule has 23 heavy (non-hydrogen) atoms. The smallest absolute Gasteiger partial charge is 0.153 e. The average Bonchev–Trinajstić information content (AvgIpc) is 3.02. The van der Waals surface area contributed by atoms with Crippen molar-refractivity contribution in [2.75, 3.05) is 36.8 Å². The molecule has 2 saturated heterocycles. The van der Waals surface area contributed by atoms with E-state index in [1.165, 1.54) is 19.4 Å². The van der Waals surface area contributed by atoms with Gasteiger partial charge in [-0.3, -0.25) is 9.69 Å². The Morgan fingerprint density at radius 2 is 2.17 bits per heavy atom. The molecule has 2 fully saturated rings. The maximum absolute atomic E-state index is 11.6. The lowest BCUT2D eigenvalue weighted by molar-refractivity contribution is 0.112. The van der Waals surface area contributed by atoms with Crippen LogP contribution in [0.2, 0.25) is 5.02 Å². The number of nitrogen functional groups attached to an aromatic ring is 1. The topological polar surface area (TPSA) is 62.5 Å². The van der Waals surface area contributed by atoms with Crippen LogP contribution in [0.5, 0.6) is 0 Å². The number of hydrogen-bond donors (Lipinski definition) is 1. The van der Waals surface area contributed by atoms with Crippen molar-refractivity contribution in [2.24, 2.45) is 0 Å². The molecule has 2 aromatic rings. The first kappa shape index (κ1) is 14.7. The van der Waals surface area contributed by atoms with Crippen LogP contribution in [0.25, 0.3) is 10.9 Å². The molecule has 0 spiro atoms. The van der Waals surface area contributed by atoms with E-state index >= 15 is 0 Å². The Morgan fingerprint density at radius 3 is 3.00 bits per heavy atom. The van der Waals surface area contributed by atoms with Crippen molar-refractivity contribution in [1.29, 1.82) is 0 Å². The Balaban J connectivity index is 1.79. The van der Waals surface area contributed by atoms with Crippen LogP contribution in [-0.4, -0.2) is 48.4 Å². The van der Waals surface area contributed by atoms with E-state index in [1.54, 1.807) is 12.1 Å². The summed E-state index contributed by atoms with van der Waals surface area (Å²) >= 11 is 6.05. The highest BCUT2D eigenvalue weighted by Crippen LogP contribution is 2.33. The summed E-state index contributed by atoms with van der Waals surface area (Å²) in [6.45, 7) is 4.04. The van der Waals surface area contributed by atoms with Crippen molar-refractivity contribution in [2.45, 2.75) is 18.9 Å². The van der Waals surface area contributed by atoms with Crippen LogP contribution in [-0.2, 0) is 0 Å². The summed E-state index contributed by atoms with van der Waals surface area (Å²) in [5.41, 5.74) is 7.99. The zero-order valence-corrected chi connectivity index (χ0v) is 13.6. The molecule has 0 bridgehead atoms. The summed E-state index contributed by atoms with van der Waals surface area (Å²) in [4.78, 5) is 21.1. The normalized spacial score (nSPS) is 21.6. The van der Waals surface area contributed by atoms with Crippen molar-refractivity contribution in [3.8, 4) is 0 Å². The molecule has 1 aromatic carbocycles. The van der Waals surface area contributed by atoms with Gasteiger partial charge in [-0.05, 0) is 37.6 Å². The summed E-state index contributed by atoms with van der Waals surface area (Å²) < 4.78 is 0. The number of benzene rings is 1. The van der Waals surface area contributed by atoms with Gasteiger partial charge in [0, 0.05) is 36.1 Å². The van der Waals surface area contributed by atoms with Crippen LogP contribution < -0.4 is 10.6 Å². The van der Waals surface area contributed by atoms with E-state index in [9.17, 15) is 4.79 Å². The molecule has 120 valence electrons. The van der Waals surface area contributed by atoms with Gasteiger partial charge in [0.25, 0.3) is 0 Å². The fourth-order valence-corrected chi connectivity index (χ4v) is 3.98. The summed E-state index contributed by atoms with van der Waals surface area (Å²) in [6.07, 6.45) is 3.29. The van der Waals surface area contributed by atoms with Gasteiger partial charge in [0.1, 0.15) is 0 Å². The molecule has 3 heterocycles. The zero-order chi connectivity index (χ0) is 16.0. The molecule has 0 radical (unpaired) electrons. The second-order valence-electron chi connectivity index (χ2n) is 6.32. The summed E-state index contributed by atoms with van der Waals surface area (Å²) in [5.74, 6) is 0.730. The lowest BCUT2D eigenvalue weighted by Crippen LogP contribution is -2.50. The Morgan fingerprint density at radius 1 is 1.30 bits per heavy atom. The monoisotopic (exact) mass is 330 g/mol. The Hall–Kier alpha value is -1.85.